The minimum absolute atomic E-state index is 0.309. The summed E-state index contributed by atoms with van der Waals surface area (Å²) in [6.07, 6.45) is 7.49. The number of nitrogens with zero attached hydrogens (tertiary/aromatic N) is 3. The molecule has 0 aromatic carbocycles. The molecule has 5 heteroatoms. The van der Waals surface area contributed by atoms with E-state index in [1.54, 1.807) is 0 Å². The molecule has 3 aliphatic rings. The van der Waals surface area contributed by atoms with Crippen LogP contribution < -0.4 is 0 Å². The first kappa shape index (κ1) is 18.2. The molecule has 2 aliphatic heterocycles. The van der Waals surface area contributed by atoms with Crippen LogP contribution >= 0.6 is 0 Å². The number of carbonyl (C=O) groups is 1. The van der Waals surface area contributed by atoms with Gasteiger partial charge in [-0.15, -0.1) is 0 Å². The van der Waals surface area contributed by atoms with Crippen LogP contribution in [0.1, 0.15) is 51.9 Å². The Kier molecular flexibility index (Phi) is 5.83. The van der Waals surface area contributed by atoms with Crippen molar-refractivity contribution in [2.45, 2.75) is 63.5 Å². The van der Waals surface area contributed by atoms with E-state index in [-0.39, 0.29) is 0 Å². The minimum Gasteiger partial charge on any atom is -0.390 e. The summed E-state index contributed by atoms with van der Waals surface area (Å²) in [5.41, 5.74) is -0.521. The number of hydrogen-bond donors (Lipinski definition) is 1. The van der Waals surface area contributed by atoms with Crippen molar-refractivity contribution in [3.8, 4) is 0 Å². The standard InChI is InChI=1S/C19H35N3O2/c1-19(24)9-4-3-6-16(19)17-7-5-10-21(17)11-8-18(23)22-14-12-20(2)13-15-22/h16-17,24H,3-15H2,1-2H3. The molecule has 3 unspecified atom stereocenters. The lowest BCUT2D eigenvalue weighted by Crippen LogP contribution is -2.50. The van der Waals surface area contributed by atoms with E-state index in [0.717, 1.165) is 58.5 Å². The number of likely N-dealkylation sites (tertiary alicyclic amines) is 1. The maximum Gasteiger partial charge on any atom is 0.223 e. The third-order valence-electron chi connectivity index (χ3n) is 6.59. The first-order valence-corrected chi connectivity index (χ1v) is 9.90. The second-order valence-electron chi connectivity index (χ2n) is 8.39. The number of rotatable bonds is 4. The Labute approximate surface area is 147 Å². The first-order valence-electron chi connectivity index (χ1n) is 9.90. The fraction of sp³-hybridized carbons (Fsp3) is 0.947. The van der Waals surface area contributed by atoms with E-state index in [9.17, 15) is 9.90 Å². The lowest BCUT2D eigenvalue weighted by atomic mass is 9.72. The second-order valence-corrected chi connectivity index (χ2v) is 8.39. The van der Waals surface area contributed by atoms with Gasteiger partial charge in [-0.1, -0.05) is 12.8 Å². The van der Waals surface area contributed by atoms with Gasteiger partial charge in [-0.3, -0.25) is 9.69 Å². The van der Waals surface area contributed by atoms with E-state index in [1.165, 1.54) is 19.3 Å². The van der Waals surface area contributed by atoms with E-state index in [0.29, 0.717) is 24.3 Å². The zero-order valence-electron chi connectivity index (χ0n) is 15.5. The van der Waals surface area contributed by atoms with Crippen molar-refractivity contribution in [1.29, 1.82) is 0 Å². The molecule has 0 aromatic rings. The van der Waals surface area contributed by atoms with Gasteiger partial charge in [0.1, 0.15) is 0 Å². The summed E-state index contributed by atoms with van der Waals surface area (Å²) in [7, 11) is 2.12. The van der Waals surface area contributed by atoms with Crippen LogP contribution in [0, 0.1) is 5.92 Å². The van der Waals surface area contributed by atoms with Gasteiger partial charge >= 0.3 is 0 Å². The third-order valence-corrected chi connectivity index (χ3v) is 6.59. The van der Waals surface area contributed by atoms with Crippen LogP contribution in [-0.4, -0.2) is 83.7 Å². The Morgan fingerprint density at radius 3 is 2.54 bits per heavy atom. The number of likely N-dealkylation sites (N-methyl/N-ethyl adjacent to an activating group) is 1. The molecule has 1 aliphatic carbocycles. The largest absolute Gasteiger partial charge is 0.390 e. The summed E-state index contributed by atoms with van der Waals surface area (Å²) in [5, 5.41) is 10.8. The van der Waals surface area contributed by atoms with Crippen LogP contribution in [0.5, 0.6) is 0 Å². The zero-order valence-corrected chi connectivity index (χ0v) is 15.5. The van der Waals surface area contributed by atoms with Gasteiger partial charge < -0.3 is 14.9 Å². The average Bonchev–Trinajstić information content (AvgIpc) is 3.01. The Morgan fingerprint density at radius 2 is 1.83 bits per heavy atom. The van der Waals surface area contributed by atoms with Crippen molar-refractivity contribution >= 4 is 5.91 Å². The van der Waals surface area contributed by atoms with Gasteiger partial charge in [-0.05, 0) is 46.2 Å². The van der Waals surface area contributed by atoms with Gasteiger partial charge in [0.05, 0.1) is 5.60 Å². The lowest BCUT2D eigenvalue weighted by molar-refractivity contribution is -0.133. The Hall–Kier alpha value is -0.650. The van der Waals surface area contributed by atoms with E-state index in [4.69, 9.17) is 0 Å². The van der Waals surface area contributed by atoms with E-state index in [1.807, 2.05) is 11.8 Å². The molecule has 0 spiro atoms. The van der Waals surface area contributed by atoms with Crippen molar-refractivity contribution in [2.24, 2.45) is 5.92 Å². The summed E-state index contributed by atoms with van der Waals surface area (Å²) in [5.74, 6) is 0.691. The highest BCUT2D eigenvalue weighted by atomic mass is 16.3. The van der Waals surface area contributed by atoms with Crippen LogP contribution in [0.25, 0.3) is 0 Å². The summed E-state index contributed by atoms with van der Waals surface area (Å²) in [4.78, 5) is 19.3. The predicted molar refractivity (Wildman–Crippen MR) is 95.9 cm³/mol. The number of aliphatic hydroxyl groups is 1. The normalized spacial score (nSPS) is 36.2. The molecule has 5 nitrogen and oxygen atoms in total. The molecule has 0 aromatic heterocycles. The van der Waals surface area contributed by atoms with E-state index < -0.39 is 5.60 Å². The lowest BCUT2D eigenvalue weighted by Gasteiger charge is -2.43. The van der Waals surface area contributed by atoms with E-state index in [2.05, 4.69) is 16.8 Å². The molecule has 2 heterocycles. The highest BCUT2D eigenvalue weighted by molar-refractivity contribution is 5.76. The highest BCUT2D eigenvalue weighted by Crippen LogP contribution is 2.40. The number of hydrogen-bond acceptors (Lipinski definition) is 4. The fourth-order valence-electron chi connectivity index (χ4n) is 4.99. The molecule has 3 fully saturated rings. The molecule has 0 bridgehead atoms. The van der Waals surface area contributed by atoms with Gasteiger partial charge in [0, 0.05) is 51.1 Å². The summed E-state index contributed by atoms with van der Waals surface area (Å²) >= 11 is 0. The SMILES string of the molecule is CN1CCN(C(=O)CCN2CCCC2C2CCCCC2(C)O)CC1. The number of amides is 1. The van der Waals surface area contributed by atoms with Crippen molar-refractivity contribution in [1.82, 2.24) is 14.7 Å². The molecular formula is C19H35N3O2. The Morgan fingerprint density at radius 1 is 1.08 bits per heavy atom. The summed E-state index contributed by atoms with van der Waals surface area (Å²) < 4.78 is 0. The molecule has 1 amide bonds. The molecule has 2 saturated heterocycles. The van der Waals surface area contributed by atoms with Crippen molar-refractivity contribution < 1.29 is 9.90 Å². The Balaban J connectivity index is 1.51. The summed E-state index contributed by atoms with van der Waals surface area (Å²) in [6.45, 7) is 7.70. The molecule has 0 radical (unpaired) electrons. The molecule has 1 saturated carbocycles. The smallest absolute Gasteiger partial charge is 0.223 e. The van der Waals surface area contributed by atoms with Crippen LogP contribution in [-0.2, 0) is 4.79 Å². The van der Waals surface area contributed by atoms with Crippen LogP contribution in [0.2, 0.25) is 0 Å². The minimum atomic E-state index is -0.521. The molecule has 3 atom stereocenters. The van der Waals surface area contributed by atoms with Gasteiger partial charge in [0.2, 0.25) is 5.91 Å². The first-order chi connectivity index (χ1) is 11.5. The zero-order chi connectivity index (χ0) is 17.2. The van der Waals surface area contributed by atoms with Crippen LogP contribution in [0.3, 0.4) is 0 Å². The third kappa shape index (κ3) is 4.12. The van der Waals surface area contributed by atoms with Crippen LogP contribution in [0.4, 0.5) is 0 Å². The number of piperazine rings is 1. The van der Waals surface area contributed by atoms with Gasteiger partial charge in [0.15, 0.2) is 0 Å². The maximum atomic E-state index is 12.5. The molecule has 3 rings (SSSR count). The number of carbonyl (C=O) groups excluding carboxylic acids is 1. The molecule has 24 heavy (non-hydrogen) atoms. The second kappa shape index (κ2) is 7.71. The molecule has 1 N–H and O–H groups in total. The van der Waals surface area contributed by atoms with Crippen molar-refractivity contribution in [3.05, 3.63) is 0 Å². The van der Waals surface area contributed by atoms with Crippen molar-refractivity contribution in [2.75, 3.05) is 46.3 Å². The molecule has 138 valence electrons. The average molecular weight is 338 g/mol. The van der Waals surface area contributed by atoms with Gasteiger partial charge in [0.25, 0.3) is 0 Å². The quantitative estimate of drug-likeness (QED) is 0.846. The molecular weight excluding hydrogens is 302 g/mol. The monoisotopic (exact) mass is 337 g/mol. The fourth-order valence-corrected chi connectivity index (χ4v) is 4.99. The van der Waals surface area contributed by atoms with Gasteiger partial charge in [-0.2, -0.15) is 0 Å². The summed E-state index contributed by atoms with van der Waals surface area (Å²) in [6, 6.07) is 0.473. The maximum absolute atomic E-state index is 12.5. The van der Waals surface area contributed by atoms with Crippen molar-refractivity contribution in [3.63, 3.8) is 0 Å². The topological polar surface area (TPSA) is 47.0 Å². The van der Waals surface area contributed by atoms with Gasteiger partial charge in [-0.25, -0.2) is 0 Å². The predicted octanol–water partition coefficient (Wildman–Crippen LogP) is 1.56. The van der Waals surface area contributed by atoms with Crippen LogP contribution in [0.15, 0.2) is 0 Å². The Bertz CT molecular complexity index is 432. The van der Waals surface area contributed by atoms with E-state index >= 15 is 0 Å². The highest BCUT2D eigenvalue weighted by Gasteiger charge is 2.43.